The largest absolute Gasteiger partial charge is 0.338 e. The summed E-state index contributed by atoms with van der Waals surface area (Å²) in [5, 5.41) is 6.13. The zero-order chi connectivity index (χ0) is 13.6. The minimum Gasteiger partial charge on any atom is -0.338 e. The van der Waals surface area contributed by atoms with Crippen molar-refractivity contribution in [2.75, 3.05) is 6.54 Å². The highest BCUT2D eigenvalue weighted by atomic mass is 32.1. The lowest BCUT2D eigenvalue weighted by Gasteiger charge is -2.36. The van der Waals surface area contributed by atoms with Crippen LogP contribution < -0.4 is 5.73 Å². The molecular formula is C14H14N4OS. The van der Waals surface area contributed by atoms with Gasteiger partial charge in [0.05, 0.1) is 15.6 Å². The third kappa shape index (κ3) is 1.68. The number of hydrogen-bond donors (Lipinski definition) is 1. The fourth-order valence-electron chi connectivity index (χ4n) is 2.63. The molecule has 0 saturated heterocycles. The lowest BCUT2D eigenvalue weighted by atomic mass is 9.69. The number of rotatable bonds is 3. The molecule has 3 aromatic rings. The van der Waals surface area contributed by atoms with Gasteiger partial charge in [0.25, 0.3) is 0 Å². The Kier molecular flexibility index (Phi) is 2.61. The van der Waals surface area contributed by atoms with E-state index in [1.807, 2.05) is 11.4 Å². The molecule has 3 heterocycles. The first-order valence-corrected chi connectivity index (χ1v) is 7.57. The Morgan fingerprint density at radius 1 is 1.40 bits per heavy atom. The molecule has 0 amide bonds. The third-order valence-electron chi connectivity index (χ3n) is 4.14. The van der Waals surface area contributed by atoms with Crippen LogP contribution in [0.2, 0.25) is 0 Å². The van der Waals surface area contributed by atoms with Crippen LogP contribution in [0.25, 0.3) is 21.6 Å². The molecule has 5 nitrogen and oxygen atoms in total. The second-order valence-corrected chi connectivity index (χ2v) is 6.24. The van der Waals surface area contributed by atoms with Crippen molar-refractivity contribution in [2.24, 2.45) is 5.73 Å². The molecule has 20 heavy (non-hydrogen) atoms. The lowest BCUT2D eigenvalue weighted by Crippen LogP contribution is -2.41. The molecular weight excluding hydrogens is 272 g/mol. The number of thiophene rings is 1. The van der Waals surface area contributed by atoms with E-state index >= 15 is 0 Å². The summed E-state index contributed by atoms with van der Waals surface area (Å²) in [5.74, 6) is 1.27. The highest BCUT2D eigenvalue weighted by Crippen LogP contribution is 2.42. The van der Waals surface area contributed by atoms with Gasteiger partial charge >= 0.3 is 0 Å². The van der Waals surface area contributed by atoms with Crippen molar-refractivity contribution in [1.82, 2.24) is 15.1 Å². The first-order valence-electron chi connectivity index (χ1n) is 6.69. The van der Waals surface area contributed by atoms with E-state index in [0.717, 1.165) is 28.6 Å². The van der Waals surface area contributed by atoms with Gasteiger partial charge in [0.15, 0.2) is 0 Å². The van der Waals surface area contributed by atoms with Crippen molar-refractivity contribution >= 4 is 21.6 Å². The molecule has 0 unspecified atom stereocenters. The highest BCUT2D eigenvalue weighted by Gasteiger charge is 2.42. The molecule has 3 aromatic heterocycles. The Balaban J connectivity index is 1.73. The Bertz CT molecular complexity index is 754. The Hall–Kier alpha value is -1.79. The van der Waals surface area contributed by atoms with E-state index in [9.17, 15) is 0 Å². The summed E-state index contributed by atoms with van der Waals surface area (Å²) >= 11 is 1.66. The van der Waals surface area contributed by atoms with Crippen LogP contribution in [0.5, 0.6) is 0 Å². The van der Waals surface area contributed by atoms with Crippen LogP contribution in [0.4, 0.5) is 0 Å². The van der Waals surface area contributed by atoms with Gasteiger partial charge in [-0.25, -0.2) is 0 Å². The maximum absolute atomic E-state index is 5.87. The number of nitrogens with zero attached hydrogens (tertiary/aromatic N) is 3. The zero-order valence-corrected chi connectivity index (χ0v) is 11.7. The smallest absolute Gasteiger partial charge is 0.234 e. The predicted octanol–water partition coefficient (Wildman–Crippen LogP) is 2.73. The second kappa shape index (κ2) is 4.36. The summed E-state index contributed by atoms with van der Waals surface area (Å²) in [6.07, 6.45) is 5.04. The van der Waals surface area contributed by atoms with E-state index in [2.05, 4.69) is 21.2 Å². The van der Waals surface area contributed by atoms with Crippen molar-refractivity contribution in [1.29, 1.82) is 0 Å². The Morgan fingerprint density at radius 2 is 2.30 bits per heavy atom. The van der Waals surface area contributed by atoms with Gasteiger partial charge in [-0.05, 0) is 30.4 Å². The van der Waals surface area contributed by atoms with Gasteiger partial charge in [0, 0.05) is 18.3 Å². The first-order chi connectivity index (χ1) is 9.81. The summed E-state index contributed by atoms with van der Waals surface area (Å²) in [7, 11) is 0. The van der Waals surface area contributed by atoms with Crippen LogP contribution >= 0.6 is 11.3 Å². The maximum Gasteiger partial charge on any atom is 0.234 e. The molecule has 1 aliphatic carbocycles. The SMILES string of the molecule is NCC1(c2nc(-c3cnc4ccsc4c3)no2)CCC1. The molecule has 0 aliphatic heterocycles. The topological polar surface area (TPSA) is 77.8 Å². The van der Waals surface area contributed by atoms with Crippen molar-refractivity contribution in [3.05, 3.63) is 29.6 Å². The van der Waals surface area contributed by atoms with E-state index in [1.165, 1.54) is 6.42 Å². The standard InChI is InChI=1S/C14H14N4OS/c15-8-14(3-1-4-14)13-17-12(18-19-13)9-6-11-10(16-7-9)2-5-20-11/h2,5-7H,1,3-4,8,15H2. The predicted molar refractivity (Wildman–Crippen MR) is 77.5 cm³/mol. The molecule has 0 aromatic carbocycles. The van der Waals surface area contributed by atoms with Gasteiger partial charge in [-0.3, -0.25) is 4.98 Å². The van der Waals surface area contributed by atoms with Gasteiger partial charge in [-0.2, -0.15) is 4.98 Å². The van der Waals surface area contributed by atoms with Crippen LogP contribution in [0, 0.1) is 0 Å². The van der Waals surface area contributed by atoms with Gasteiger partial charge in [0.2, 0.25) is 11.7 Å². The number of fused-ring (bicyclic) bond motifs is 1. The molecule has 4 rings (SSSR count). The average Bonchev–Trinajstić information content (AvgIpc) is 3.06. The fraction of sp³-hybridized carbons (Fsp3) is 0.357. The van der Waals surface area contributed by atoms with E-state index in [4.69, 9.17) is 10.3 Å². The van der Waals surface area contributed by atoms with Crippen LogP contribution in [-0.2, 0) is 5.41 Å². The monoisotopic (exact) mass is 286 g/mol. The summed E-state index contributed by atoms with van der Waals surface area (Å²) in [5.41, 5.74) is 7.67. The number of nitrogens with two attached hydrogens (primary N) is 1. The van der Waals surface area contributed by atoms with Gasteiger partial charge in [0.1, 0.15) is 0 Å². The van der Waals surface area contributed by atoms with Crippen molar-refractivity contribution < 1.29 is 4.52 Å². The highest BCUT2D eigenvalue weighted by molar-refractivity contribution is 7.17. The summed E-state index contributed by atoms with van der Waals surface area (Å²) in [6.45, 7) is 0.566. The third-order valence-corrected chi connectivity index (χ3v) is 5.00. The molecule has 1 fully saturated rings. The van der Waals surface area contributed by atoms with Crippen molar-refractivity contribution in [2.45, 2.75) is 24.7 Å². The van der Waals surface area contributed by atoms with Crippen molar-refractivity contribution in [3.8, 4) is 11.4 Å². The van der Waals surface area contributed by atoms with E-state index in [-0.39, 0.29) is 5.41 Å². The summed E-state index contributed by atoms with van der Waals surface area (Å²) in [4.78, 5) is 8.95. The molecule has 1 aliphatic rings. The lowest BCUT2D eigenvalue weighted by molar-refractivity contribution is 0.182. The summed E-state index contributed by atoms with van der Waals surface area (Å²) < 4.78 is 6.58. The van der Waals surface area contributed by atoms with Crippen LogP contribution in [0.3, 0.4) is 0 Å². The minimum absolute atomic E-state index is 0.0916. The molecule has 102 valence electrons. The molecule has 1 saturated carbocycles. The second-order valence-electron chi connectivity index (χ2n) is 5.29. The number of pyridine rings is 1. The quantitative estimate of drug-likeness (QED) is 0.801. The average molecular weight is 286 g/mol. The van der Waals surface area contributed by atoms with Crippen LogP contribution in [0.1, 0.15) is 25.2 Å². The molecule has 0 atom stereocenters. The van der Waals surface area contributed by atoms with Gasteiger partial charge in [-0.1, -0.05) is 11.6 Å². The number of hydrogen-bond acceptors (Lipinski definition) is 6. The van der Waals surface area contributed by atoms with Crippen LogP contribution in [0.15, 0.2) is 28.2 Å². The molecule has 0 radical (unpaired) electrons. The number of aromatic nitrogens is 3. The van der Waals surface area contributed by atoms with Gasteiger partial charge in [-0.15, -0.1) is 11.3 Å². The molecule has 2 N–H and O–H groups in total. The Labute approximate surface area is 119 Å². The normalized spacial score (nSPS) is 17.2. The maximum atomic E-state index is 5.87. The Morgan fingerprint density at radius 3 is 3.05 bits per heavy atom. The van der Waals surface area contributed by atoms with Crippen LogP contribution in [-0.4, -0.2) is 21.7 Å². The zero-order valence-electron chi connectivity index (χ0n) is 10.9. The van der Waals surface area contributed by atoms with E-state index < -0.39 is 0 Å². The molecule has 0 bridgehead atoms. The molecule has 0 spiro atoms. The fourth-order valence-corrected chi connectivity index (χ4v) is 3.41. The van der Waals surface area contributed by atoms with Crippen molar-refractivity contribution in [3.63, 3.8) is 0 Å². The van der Waals surface area contributed by atoms with E-state index in [0.29, 0.717) is 18.3 Å². The van der Waals surface area contributed by atoms with Gasteiger partial charge < -0.3 is 10.3 Å². The van der Waals surface area contributed by atoms with E-state index in [1.54, 1.807) is 17.5 Å². The summed E-state index contributed by atoms with van der Waals surface area (Å²) in [6, 6.07) is 4.06. The minimum atomic E-state index is -0.0916. The first kappa shape index (κ1) is 12.0. The molecule has 6 heteroatoms.